The zero-order chi connectivity index (χ0) is 14.5. The molecule has 0 unspecified atom stereocenters. The van der Waals surface area contributed by atoms with Gasteiger partial charge in [0.05, 0.1) is 18.7 Å². The zero-order valence-corrected chi connectivity index (χ0v) is 11.7. The summed E-state index contributed by atoms with van der Waals surface area (Å²) in [5.74, 6) is -0.470. The van der Waals surface area contributed by atoms with E-state index in [2.05, 4.69) is 15.6 Å². The van der Waals surface area contributed by atoms with Crippen LogP contribution in [-0.4, -0.2) is 37.1 Å². The van der Waals surface area contributed by atoms with Crippen LogP contribution in [0.2, 0.25) is 0 Å². The van der Waals surface area contributed by atoms with Gasteiger partial charge in [-0.3, -0.25) is 9.78 Å². The van der Waals surface area contributed by atoms with E-state index in [-0.39, 0.29) is 17.9 Å². The van der Waals surface area contributed by atoms with Crippen molar-refractivity contribution in [2.24, 2.45) is 5.92 Å². The summed E-state index contributed by atoms with van der Waals surface area (Å²) >= 11 is 0. The molecule has 6 heteroatoms. The lowest BCUT2D eigenvalue weighted by Crippen LogP contribution is -2.36. The highest BCUT2D eigenvalue weighted by molar-refractivity contribution is 5.95. The van der Waals surface area contributed by atoms with Gasteiger partial charge in [0.15, 0.2) is 0 Å². The molecule has 20 heavy (non-hydrogen) atoms. The fourth-order valence-electron chi connectivity index (χ4n) is 2.62. The summed E-state index contributed by atoms with van der Waals surface area (Å²) in [6.45, 7) is 0. The first-order valence-electron chi connectivity index (χ1n) is 6.67. The van der Waals surface area contributed by atoms with Crippen LogP contribution in [0.25, 0.3) is 0 Å². The van der Waals surface area contributed by atoms with Crippen molar-refractivity contribution in [2.75, 3.05) is 19.5 Å². The van der Waals surface area contributed by atoms with Crippen LogP contribution in [0.5, 0.6) is 0 Å². The Labute approximate surface area is 117 Å². The molecule has 1 aliphatic rings. The number of rotatable bonds is 4. The van der Waals surface area contributed by atoms with Crippen LogP contribution in [0.1, 0.15) is 29.6 Å². The molecule has 0 aromatic carbocycles. The number of nitrogens with one attached hydrogen (secondary N) is 2. The Hall–Kier alpha value is -2.11. The molecular weight excluding hydrogens is 258 g/mol. The minimum atomic E-state index is -0.435. The summed E-state index contributed by atoms with van der Waals surface area (Å²) in [5, 5.41) is 5.98. The van der Waals surface area contributed by atoms with Crippen molar-refractivity contribution < 1.29 is 14.3 Å². The topological polar surface area (TPSA) is 80.3 Å². The molecule has 0 aliphatic heterocycles. The van der Waals surface area contributed by atoms with Gasteiger partial charge < -0.3 is 15.4 Å². The number of anilines is 1. The highest BCUT2D eigenvalue weighted by Gasteiger charge is 2.33. The van der Waals surface area contributed by atoms with Gasteiger partial charge in [0, 0.05) is 25.5 Å². The van der Waals surface area contributed by atoms with Crippen LogP contribution >= 0.6 is 0 Å². The normalized spacial score (nSPS) is 21.3. The number of ether oxygens (including phenoxy) is 1. The van der Waals surface area contributed by atoms with Crippen molar-refractivity contribution >= 4 is 17.6 Å². The standard InChI is InChI=1S/C14H19N3O3/c1-15-13(18)9-4-3-5-11(9)17-12-6-7-16-8-10(12)14(19)20-2/h6-9,11H,3-5H2,1-2H3,(H,15,18)(H,16,17)/t9-,11+/m0/s1. The van der Waals surface area contributed by atoms with Crippen molar-refractivity contribution in [3.8, 4) is 0 Å². The van der Waals surface area contributed by atoms with E-state index in [9.17, 15) is 9.59 Å². The molecule has 2 N–H and O–H groups in total. The Balaban J connectivity index is 2.17. The highest BCUT2D eigenvalue weighted by atomic mass is 16.5. The van der Waals surface area contributed by atoms with Crippen LogP contribution in [0.15, 0.2) is 18.5 Å². The number of amides is 1. The lowest BCUT2D eigenvalue weighted by Gasteiger charge is -2.21. The number of hydrogen-bond donors (Lipinski definition) is 2. The van der Waals surface area contributed by atoms with Gasteiger partial charge in [0.2, 0.25) is 5.91 Å². The average Bonchev–Trinajstić information content (AvgIpc) is 2.94. The number of nitrogens with zero attached hydrogens (tertiary/aromatic N) is 1. The molecule has 2 atom stereocenters. The molecule has 6 nitrogen and oxygen atoms in total. The number of aromatic nitrogens is 1. The van der Waals surface area contributed by atoms with Crippen molar-refractivity contribution in [2.45, 2.75) is 25.3 Å². The lowest BCUT2D eigenvalue weighted by atomic mass is 10.0. The largest absolute Gasteiger partial charge is 0.465 e. The van der Waals surface area contributed by atoms with Gasteiger partial charge in [-0.15, -0.1) is 0 Å². The molecule has 1 heterocycles. The summed E-state index contributed by atoms with van der Waals surface area (Å²) < 4.78 is 4.74. The molecule has 1 amide bonds. The minimum absolute atomic E-state index is 0.0285. The smallest absolute Gasteiger partial charge is 0.341 e. The number of esters is 1. The van der Waals surface area contributed by atoms with Gasteiger partial charge in [-0.25, -0.2) is 4.79 Å². The number of carbonyl (C=O) groups is 2. The van der Waals surface area contributed by atoms with E-state index in [4.69, 9.17) is 4.74 Å². The Morgan fingerprint density at radius 3 is 2.90 bits per heavy atom. The lowest BCUT2D eigenvalue weighted by molar-refractivity contribution is -0.124. The predicted octanol–water partition coefficient (Wildman–Crippen LogP) is 1.19. The maximum atomic E-state index is 11.8. The maximum Gasteiger partial charge on any atom is 0.341 e. The first-order valence-corrected chi connectivity index (χ1v) is 6.67. The molecular formula is C14H19N3O3. The molecule has 108 valence electrons. The number of pyridine rings is 1. The monoisotopic (exact) mass is 277 g/mol. The Morgan fingerprint density at radius 2 is 2.20 bits per heavy atom. The summed E-state index contributed by atoms with van der Waals surface area (Å²) in [7, 11) is 2.98. The summed E-state index contributed by atoms with van der Waals surface area (Å²) in [6.07, 6.45) is 5.84. The van der Waals surface area contributed by atoms with Crippen LogP contribution < -0.4 is 10.6 Å². The third-order valence-electron chi connectivity index (χ3n) is 3.67. The van der Waals surface area contributed by atoms with E-state index in [0.29, 0.717) is 11.3 Å². The molecule has 1 aromatic rings. The summed E-state index contributed by atoms with van der Waals surface area (Å²) in [5.41, 5.74) is 1.05. The number of carbonyl (C=O) groups excluding carboxylic acids is 2. The third kappa shape index (κ3) is 2.89. The van der Waals surface area contributed by atoms with Crippen molar-refractivity contribution in [3.63, 3.8) is 0 Å². The molecule has 0 spiro atoms. The number of hydrogen-bond acceptors (Lipinski definition) is 5. The van der Waals surface area contributed by atoms with E-state index in [0.717, 1.165) is 19.3 Å². The van der Waals surface area contributed by atoms with Gasteiger partial charge in [-0.1, -0.05) is 6.42 Å². The Bertz CT molecular complexity index is 504. The van der Waals surface area contributed by atoms with E-state index >= 15 is 0 Å². The molecule has 1 saturated carbocycles. The first-order chi connectivity index (χ1) is 9.67. The van der Waals surface area contributed by atoms with Crippen LogP contribution in [0.4, 0.5) is 5.69 Å². The SMILES string of the molecule is CNC(=O)[C@H]1CCC[C@H]1Nc1ccncc1C(=O)OC. The Kier molecular flexibility index (Phi) is 4.55. The quantitative estimate of drug-likeness (QED) is 0.808. The van der Waals surface area contributed by atoms with Gasteiger partial charge in [0.25, 0.3) is 0 Å². The van der Waals surface area contributed by atoms with Crippen molar-refractivity contribution in [3.05, 3.63) is 24.0 Å². The van der Waals surface area contributed by atoms with Gasteiger partial charge >= 0.3 is 5.97 Å². The fraction of sp³-hybridized carbons (Fsp3) is 0.500. The van der Waals surface area contributed by atoms with Gasteiger partial charge in [-0.2, -0.15) is 0 Å². The number of methoxy groups -OCH3 is 1. The zero-order valence-electron chi connectivity index (χ0n) is 11.7. The van der Waals surface area contributed by atoms with Crippen LogP contribution in [0, 0.1) is 5.92 Å². The summed E-state index contributed by atoms with van der Waals surface area (Å²) in [6, 6.07) is 1.76. The predicted molar refractivity (Wildman–Crippen MR) is 74.4 cm³/mol. The van der Waals surface area contributed by atoms with Gasteiger partial charge in [-0.05, 0) is 18.9 Å². The molecule has 1 aliphatic carbocycles. The van der Waals surface area contributed by atoms with Gasteiger partial charge in [0.1, 0.15) is 5.56 Å². The second-order valence-electron chi connectivity index (χ2n) is 4.82. The molecule has 0 bridgehead atoms. The molecule has 0 radical (unpaired) electrons. The summed E-state index contributed by atoms with van der Waals surface area (Å²) in [4.78, 5) is 27.5. The van der Waals surface area contributed by atoms with Crippen molar-refractivity contribution in [1.82, 2.24) is 10.3 Å². The van der Waals surface area contributed by atoms with Crippen molar-refractivity contribution in [1.29, 1.82) is 0 Å². The Morgan fingerprint density at radius 1 is 1.40 bits per heavy atom. The first kappa shape index (κ1) is 14.3. The van der Waals surface area contributed by atoms with Crippen LogP contribution in [0.3, 0.4) is 0 Å². The van der Waals surface area contributed by atoms with E-state index < -0.39 is 5.97 Å². The highest BCUT2D eigenvalue weighted by Crippen LogP contribution is 2.29. The van der Waals surface area contributed by atoms with Crippen LogP contribution in [-0.2, 0) is 9.53 Å². The molecule has 2 rings (SSSR count). The molecule has 1 fully saturated rings. The second kappa shape index (κ2) is 6.36. The average molecular weight is 277 g/mol. The molecule has 0 saturated heterocycles. The van der Waals surface area contributed by atoms with E-state index in [1.54, 1.807) is 19.3 Å². The fourth-order valence-corrected chi connectivity index (χ4v) is 2.62. The molecule has 1 aromatic heterocycles. The van der Waals surface area contributed by atoms with E-state index in [1.165, 1.54) is 13.3 Å². The maximum absolute atomic E-state index is 11.8. The van der Waals surface area contributed by atoms with E-state index in [1.807, 2.05) is 0 Å². The third-order valence-corrected chi connectivity index (χ3v) is 3.67. The minimum Gasteiger partial charge on any atom is -0.465 e. The second-order valence-corrected chi connectivity index (χ2v) is 4.82.